The molecule has 112 valence electrons. The molecular formula is C14H11ClN4O2S. The van der Waals surface area contributed by atoms with Gasteiger partial charge < -0.3 is 0 Å². The Hall–Kier alpha value is -2.38. The van der Waals surface area contributed by atoms with Gasteiger partial charge in [0.15, 0.2) is 5.82 Å². The highest BCUT2D eigenvalue weighted by Gasteiger charge is 2.14. The number of pyridine rings is 1. The second-order valence-electron chi connectivity index (χ2n) is 4.42. The van der Waals surface area contributed by atoms with Crippen LogP contribution in [-0.4, -0.2) is 23.2 Å². The third-order valence-electron chi connectivity index (χ3n) is 2.86. The van der Waals surface area contributed by atoms with Crippen molar-refractivity contribution in [3.8, 4) is 5.82 Å². The molecule has 0 atom stereocenters. The van der Waals surface area contributed by atoms with E-state index in [9.17, 15) is 8.42 Å². The van der Waals surface area contributed by atoms with E-state index in [0.29, 0.717) is 16.5 Å². The number of hydrogen-bond acceptors (Lipinski definition) is 4. The average molecular weight is 335 g/mol. The van der Waals surface area contributed by atoms with Crippen LogP contribution in [0.5, 0.6) is 0 Å². The molecule has 0 saturated heterocycles. The Balaban J connectivity index is 1.82. The smallest absolute Gasteiger partial charge is 0.261 e. The lowest BCUT2D eigenvalue weighted by Gasteiger charge is -2.08. The molecule has 2 heterocycles. The van der Waals surface area contributed by atoms with Crippen molar-refractivity contribution in [1.29, 1.82) is 0 Å². The fourth-order valence-corrected chi connectivity index (χ4v) is 2.98. The molecule has 0 radical (unpaired) electrons. The van der Waals surface area contributed by atoms with Crippen LogP contribution in [0.15, 0.2) is 66.0 Å². The fraction of sp³-hybridized carbons (Fsp3) is 0. The summed E-state index contributed by atoms with van der Waals surface area (Å²) in [4.78, 5) is 4.30. The Labute approximate surface area is 132 Å². The summed E-state index contributed by atoms with van der Waals surface area (Å²) in [6.45, 7) is 0. The molecule has 0 amide bonds. The molecule has 0 aliphatic heterocycles. The van der Waals surface area contributed by atoms with Crippen molar-refractivity contribution in [1.82, 2.24) is 14.8 Å². The van der Waals surface area contributed by atoms with Gasteiger partial charge in [-0.2, -0.15) is 5.10 Å². The van der Waals surface area contributed by atoms with E-state index in [0.717, 1.165) is 0 Å². The maximum atomic E-state index is 12.2. The number of nitrogens with one attached hydrogen (secondary N) is 1. The third kappa shape index (κ3) is 3.10. The van der Waals surface area contributed by atoms with Gasteiger partial charge in [-0.1, -0.05) is 11.6 Å². The molecule has 6 nitrogen and oxygen atoms in total. The van der Waals surface area contributed by atoms with Gasteiger partial charge >= 0.3 is 0 Å². The molecule has 0 aliphatic rings. The first-order chi connectivity index (χ1) is 10.5. The van der Waals surface area contributed by atoms with E-state index in [1.54, 1.807) is 35.3 Å². The zero-order chi connectivity index (χ0) is 15.6. The molecule has 0 spiro atoms. The van der Waals surface area contributed by atoms with Gasteiger partial charge in [0.2, 0.25) is 0 Å². The molecular weight excluding hydrogens is 324 g/mol. The molecule has 0 fully saturated rings. The van der Waals surface area contributed by atoms with Crippen LogP contribution in [0.1, 0.15) is 0 Å². The first-order valence-electron chi connectivity index (χ1n) is 6.29. The summed E-state index contributed by atoms with van der Waals surface area (Å²) in [5.74, 6) is 0.597. The summed E-state index contributed by atoms with van der Waals surface area (Å²) in [5.41, 5.74) is 0.367. The van der Waals surface area contributed by atoms with Gasteiger partial charge in [0.25, 0.3) is 10.0 Å². The predicted octanol–water partition coefficient (Wildman–Crippen LogP) is 2.72. The highest BCUT2D eigenvalue weighted by molar-refractivity contribution is 7.92. The van der Waals surface area contributed by atoms with Crippen molar-refractivity contribution in [2.75, 3.05) is 4.72 Å². The summed E-state index contributed by atoms with van der Waals surface area (Å²) in [6, 6.07) is 11.0. The van der Waals surface area contributed by atoms with Gasteiger partial charge in [0.1, 0.15) is 0 Å². The maximum Gasteiger partial charge on any atom is 0.261 e. The Bertz CT molecular complexity index is 860. The quantitative estimate of drug-likeness (QED) is 0.795. The average Bonchev–Trinajstić information content (AvgIpc) is 3.02. The first-order valence-corrected chi connectivity index (χ1v) is 8.15. The predicted molar refractivity (Wildman–Crippen MR) is 83.6 cm³/mol. The van der Waals surface area contributed by atoms with E-state index in [2.05, 4.69) is 14.8 Å². The normalized spacial score (nSPS) is 11.3. The molecule has 2 aromatic heterocycles. The van der Waals surface area contributed by atoms with Crippen molar-refractivity contribution >= 4 is 27.3 Å². The first kappa shape index (κ1) is 14.6. The summed E-state index contributed by atoms with van der Waals surface area (Å²) in [5, 5.41) is 4.53. The number of aromatic nitrogens is 3. The van der Waals surface area contributed by atoms with Crippen LogP contribution in [-0.2, 0) is 10.0 Å². The monoisotopic (exact) mass is 334 g/mol. The van der Waals surface area contributed by atoms with Crippen molar-refractivity contribution < 1.29 is 8.42 Å². The second-order valence-corrected chi connectivity index (χ2v) is 6.53. The van der Waals surface area contributed by atoms with Gasteiger partial charge in [-0.15, -0.1) is 0 Å². The molecule has 0 saturated carbocycles. The van der Waals surface area contributed by atoms with E-state index in [-0.39, 0.29) is 4.90 Å². The molecule has 22 heavy (non-hydrogen) atoms. The van der Waals surface area contributed by atoms with Crippen LogP contribution in [0.2, 0.25) is 5.02 Å². The minimum Gasteiger partial charge on any atom is -0.278 e. The minimum absolute atomic E-state index is 0.132. The van der Waals surface area contributed by atoms with Crippen molar-refractivity contribution in [3.05, 3.63) is 66.1 Å². The molecule has 0 unspecified atom stereocenters. The lowest BCUT2D eigenvalue weighted by molar-refractivity contribution is 0.601. The SMILES string of the molecule is O=S(=O)(Nc1ccc(-n2cccn2)nc1)c1ccc(Cl)cc1. The van der Waals surface area contributed by atoms with E-state index >= 15 is 0 Å². The number of nitrogens with zero attached hydrogens (tertiary/aromatic N) is 3. The third-order valence-corrected chi connectivity index (χ3v) is 4.51. The highest BCUT2D eigenvalue weighted by Crippen LogP contribution is 2.18. The van der Waals surface area contributed by atoms with Crippen LogP contribution >= 0.6 is 11.6 Å². The zero-order valence-corrected chi connectivity index (χ0v) is 12.8. The van der Waals surface area contributed by atoms with E-state index in [1.807, 2.05) is 0 Å². The maximum absolute atomic E-state index is 12.2. The topological polar surface area (TPSA) is 76.9 Å². The number of hydrogen-bond donors (Lipinski definition) is 1. The van der Waals surface area contributed by atoms with Gasteiger partial charge in [0, 0.05) is 17.4 Å². The summed E-state index contributed by atoms with van der Waals surface area (Å²) < 4.78 is 28.5. The van der Waals surface area contributed by atoms with Gasteiger partial charge in [0.05, 0.1) is 16.8 Å². The molecule has 1 aromatic carbocycles. The van der Waals surface area contributed by atoms with Crippen LogP contribution < -0.4 is 4.72 Å². The second kappa shape index (κ2) is 5.78. The summed E-state index contributed by atoms with van der Waals surface area (Å²) >= 11 is 5.75. The van der Waals surface area contributed by atoms with E-state index in [4.69, 9.17) is 11.6 Å². The summed E-state index contributed by atoms with van der Waals surface area (Å²) in [7, 11) is -3.67. The Morgan fingerprint density at radius 1 is 1.09 bits per heavy atom. The lowest BCUT2D eigenvalue weighted by Crippen LogP contribution is -2.13. The Morgan fingerprint density at radius 3 is 2.45 bits per heavy atom. The minimum atomic E-state index is -3.67. The van der Waals surface area contributed by atoms with Crippen molar-refractivity contribution in [3.63, 3.8) is 0 Å². The van der Waals surface area contributed by atoms with Gasteiger partial charge in [-0.25, -0.2) is 18.1 Å². The molecule has 3 rings (SSSR count). The van der Waals surface area contributed by atoms with Crippen molar-refractivity contribution in [2.24, 2.45) is 0 Å². The summed E-state index contributed by atoms with van der Waals surface area (Å²) in [6.07, 6.45) is 4.82. The standard InChI is InChI=1S/C14H11ClN4O2S/c15-11-2-5-13(6-3-11)22(20,21)18-12-4-7-14(16-10-12)19-9-1-8-17-19/h1-10,18H. The van der Waals surface area contributed by atoms with Gasteiger partial charge in [-0.05, 0) is 42.5 Å². The molecule has 0 bridgehead atoms. The molecule has 3 aromatic rings. The highest BCUT2D eigenvalue weighted by atomic mass is 35.5. The van der Waals surface area contributed by atoms with Crippen LogP contribution in [0.25, 0.3) is 5.82 Å². The number of sulfonamides is 1. The molecule has 1 N–H and O–H groups in total. The van der Waals surface area contributed by atoms with Gasteiger partial charge in [-0.3, -0.25) is 4.72 Å². The zero-order valence-electron chi connectivity index (χ0n) is 11.2. The van der Waals surface area contributed by atoms with Crippen molar-refractivity contribution in [2.45, 2.75) is 4.90 Å². The van der Waals surface area contributed by atoms with Crippen LogP contribution in [0.4, 0.5) is 5.69 Å². The largest absolute Gasteiger partial charge is 0.278 e. The van der Waals surface area contributed by atoms with E-state index in [1.165, 1.54) is 30.5 Å². The number of halogens is 1. The number of anilines is 1. The Kier molecular flexibility index (Phi) is 3.82. The van der Waals surface area contributed by atoms with Crippen LogP contribution in [0.3, 0.4) is 0 Å². The number of benzene rings is 1. The molecule has 0 aliphatic carbocycles. The Morgan fingerprint density at radius 2 is 1.86 bits per heavy atom. The molecule has 8 heteroatoms. The number of rotatable bonds is 4. The van der Waals surface area contributed by atoms with E-state index < -0.39 is 10.0 Å². The van der Waals surface area contributed by atoms with Crippen LogP contribution in [0, 0.1) is 0 Å². The lowest BCUT2D eigenvalue weighted by atomic mass is 10.4. The fourth-order valence-electron chi connectivity index (χ4n) is 1.81.